The summed E-state index contributed by atoms with van der Waals surface area (Å²) in [6, 6.07) is 2.48. The first kappa shape index (κ1) is 14.5. The lowest BCUT2D eigenvalue weighted by Gasteiger charge is -2.21. The highest BCUT2D eigenvalue weighted by molar-refractivity contribution is 5.33. The lowest BCUT2D eigenvalue weighted by atomic mass is 9.99. The van der Waals surface area contributed by atoms with Crippen LogP contribution in [0.5, 0.6) is 0 Å². The van der Waals surface area contributed by atoms with Crippen LogP contribution >= 0.6 is 0 Å². The Morgan fingerprint density at radius 3 is 2.68 bits per heavy atom. The predicted molar refractivity (Wildman–Crippen MR) is 78.2 cm³/mol. The van der Waals surface area contributed by atoms with E-state index in [2.05, 4.69) is 37.1 Å². The quantitative estimate of drug-likeness (QED) is 0.877. The number of rotatable bonds is 4. The van der Waals surface area contributed by atoms with Gasteiger partial charge in [0.1, 0.15) is 0 Å². The number of aromatic nitrogens is 1. The lowest BCUT2D eigenvalue weighted by molar-refractivity contribution is 0.177. The molecular formula is C16H26N2O. The van der Waals surface area contributed by atoms with Crippen molar-refractivity contribution in [3.63, 3.8) is 0 Å². The average molecular weight is 262 g/mol. The third-order valence-corrected chi connectivity index (χ3v) is 4.24. The van der Waals surface area contributed by atoms with Gasteiger partial charge in [0.2, 0.25) is 0 Å². The van der Waals surface area contributed by atoms with Gasteiger partial charge in [-0.15, -0.1) is 0 Å². The van der Waals surface area contributed by atoms with E-state index in [-0.39, 0.29) is 6.10 Å². The summed E-state index contributed by atoms with van der Waals surface area (Å²) in [5, 5.41) is 13.2. The van der Waals surface area contributed by atoms with Crippen molar-refractivity contribution >= 4 is 0 Å². The Labute approximate surface area is 116 Å². The normalized spacial score (nSPS) is 24.7. The van der Waals surface area contributed by atoms with E-state index in [0.717, 1.165) is 37.2 Å². The van der Waals surface area contributed by atoms with Crippen LogP contribution in [0.1, 0.15) is 54.7 Å². The first-order valence-electron chi connectivity index (χ1n) is 7.33. The molecule has 0 aliphatic heterocycles. The number of aliphatic hydroxyl groups excluding tert-OH is 1. The molecule has 2 rings (SSSR count). The molecule has 0 amide bonds. The first-order chi connectivity index (χ1) is 8.97. The summed E-state index contributed by atoms with van der Waals surface area (Å²) in [6.45, 7) is 9.49. The fourth-order valence-electron chi connectivity index (χ4n) is 3.37. The number of aryl methyl sites for hydroxylation is 3. The Morgan fingerprint density at radius 1 is 1.37 bits per heavy atom. The van der Waals surface area contributed by atoms with Crippen LogP contribution in [0, 0.1) is 26.7 Å². The van der Waals surface area contributed by atoms with Crippen molar-refractivity contribution in [2.75, 3.05) is 6.54 Å². The summed E-state index contributed by atoms with van der Waals surface area (Å²) in [5.41, 5.74) is 4.86. The van der Waals surface area contributed by atoms with Crippen molar-refractivity contribution in [3.05, 3.63) is 28.6 Å². The summed E-state index contributed by atoms with van der Waals surface area (Å²) in [4.78, 5) is 4.57. The molecule has 3 atom stereocenters. The highest BCUT2D eigenvalue weighted by Crippen LogP contribution is 2.26. The van der Waals surface area contributed by atoms with Gasteiger partial charge >= 0.3 is 0 Å². The van der Waals surface area contributed by atoms with Gasteiger partial charge in [-0.25, -0.2) is 0 Å². The van der Waals surface area contributed by atoms with Crippen molar-refractivity contribution in [1.82, 2.24) is 10.3 Å². The molecule has 1 heterocycles. The minimum atomic E-state index is -0.0772. The molecule has 1 aromatic heterocycles. The molecule has 0 aromatic carbocycles. The number of pyridine rings is 1. The van der Waals surface area contributed by atoms with Crippen molar-refractivity contribution in [1.29, 1.82) is 0 Å². The molecule has 106 valence electrons. The molecule has 0 bridgehead atoms. The van der Waals surface area contributed by atoms with Gasteiger partial charge in [0.25, 0.3) is 0 Å². The molecule has 1 fully saturated rings. The van der Waals surface area contributed by atoms with Crippen LogP contribution in [0.4, 0.5) is 0 Å². The smallest absolute Gasteiger partial charge is 0.0543 e. The van der Waals surface area contributed by atoms with Gasteiger partial charge in [-0.1, -0.05) is 0 Å². The van der Waals surface area contributed by atoms with Crippen molar-refractivity contribution in [2.24, 2.45) is 5.92 Å². The van der Waals surface area contributed by atoms with Crippen LogP contribution in [0.25, 0.3) is 0 Å². The summed E-state index contributed by atoms with van der Waals surface area (Å²) in [7, 11) is 0. The van der Waals surface area contributed by atoms with Gasteiger partial charge in [0.05, 0.1) is 6.10 Å². The fourth-order valence-corrected chi connectivity index (χ4v) is 3.37. The highest BCUT2D eigenvalue weighted by Gasteiger charge is 2.23. The molecule has 0 saturated heterocycles. The van der Waals surface area contributed by atoms with Crippen LogP contribution in [0.3, 0.4) is 0 Å². The molecule has 1 aromatic rings. The first-order valence-corrected chi connectivity index (χ1v) is 7.33. The molecule has 3 heteroatoms. The second-order valence-electron chi connectivity index (χ2n) is 6.04. The molecule has 19 heavy (non-hydrogen) atoms. The second kappa shape index (κ2) is 6.02. The SMILES string of the molecule is Cc1cc(C)c(C(C)NCC2CCC(O)C2)c(C)n1. The Hall–Kier alpha value is -0.930. The largest absolute Gasteiger partial charge is 0.393 e. The number of nitrogens with one attached hydrogen (secondary N) is 1. The van der Waals surface area contributed by atoms with E-state index in [1.54, 1.807) is 0 Å². The molecule has 0 spiro atoms. The zero-order chi connectivity index (χ0) is 14.0. The maximum atomic E-state index is 9.56. The van der Waals surface area contributed by atoms with Crippen molar-refractivity contribution in [2.45, 2.75) is 59.1 Å². The second-order valence-corrected chi connectivity index (χ2v) is 6.04. The zero-order valence-corrected chi connectivity index (χ0v) is 12.5. The maximum Gasteiger partial charge on any atom is 0.0543 e. The van der Waals surface area contributed by atoms with E-state index in [0.29, 0.717) is 12.0 Å². The predicted octanol–water partition coefficient (Wildman–Crippen LogP) is 2.82. The summed E-state index contributed by atoms with van der Waals surface area (Å²) in [5.74, 6) is 0.622. The van der Waals surface area contributed by atoms with E-state index in [1.165, 1.54) is 11.1 Å². The Morgan fingerprint density at radius 2 is 2.11 bits per heavy atom. The summed E-state index contributed by atoms with van der Waals surface area (Å²) >= 11 is 0. The zero-order valence-electron chi connectivity index (χ0n) is 12.5. The fraction of sp³-hybridized carbons (Fsp3) is 0.688. The van der Waals surface area contributed by atoms with Gasteiger partial charge in [0.15, 0.2) is 0 Å². The van der Waals surface area contributed by atoms with Gasteiger partial charge in [-0.05, 0) is 76.6 Å². The minimum Gasteiger partial charge on any atom is -0.393 e. The average Bonchev–Trinajstić information content (AvgIpc) is 2.71. The van der Waals surface area contributed by atoms with Crippen LogP contribution in [0.2, 0.25) is 0 Å². The monoisotopic (exact) mass is 262 g/mol. The number of aliphatic hydroxyl groups is 1. The Balaban J connectivity index is 1.98. The van der Waals surface area contributed by atoms with Crippen LogP contribution in [-0.2, 0) is 0 Å². The molecule has 2 N–H and O–H groups in total. The molecule has 3 unspecified atom stereocenters. The molecule has 3 nitrogen and oxygen atoms in total. The van der Waals surface area contributed by atoms with Crippen LogP contribution < -0.4 is 5.32 Å². The van der Waals surface area contributed by atoms with E-state index in [1.807, 2.05) is 6.92 Å². The highest BCUT2D eigenvalue weighted by atomic mass is 16.3. The van der Waals surface area contributed by atoms with E-state index < -0.39 is 0 Å². The van der Waals surface area contributed by atoms with Gasteiger partial charge in [-0.2, -0.15) is 0 Å². The van der Waals surface area contributed by atoms with E-state index >= 15 is 0 Å². The van der Waals surface area contributed by atoms with Gasteiger partial charge in [0, 0.05) is 17.4 Å². The van der Waals surface area contributed by atoms with Crippen molar-refractivity contribution < 1.29 is 5.11 Å². The molecule has 1 saturated carbocycles. The third kappa shape index (κ3) is 3.54. The summed E-state index contributed by atoms with van der Waals surface area (Å²) in [6.07, 6.45) is 2.98. The van der Waals surface area contributed by atoms with Crippen molar-refractivity contribution in [3.8, 4) is 0 Å². The Bertz CT molecular complexity index is 421. The number of hydrogen-bond donors (Lipinski definition) is 2. The van der Waals surface area contributed by atoms with E-state index in [9.17, 15) is 5.11 Å². The molecule has 1 aliphatic rings. The number of hydrogen-bond acceptors (Lipinski definition) is 3. The number of nitrogens with zero attached hydrogens (tertiary/aromatic N) is 1. The lowest BCUT2D eigenvalue weighted by Crippen LogP contribution is -2.26. The minimum absolute atomic E-state index is 0.0772. The maximum absolute atomic E-state index is 9.56. The standard InChI is InChI=1S/C16H26N2O/c1-10-7-11(2)18-13(4)16(10)12(3)17-9-14-5-6-15(19)8-14/h7,12,14-15,17,19H,5-6,8-9H2,1-4H3. The molecular weight excluding hydrogens is 236 g/mol. The van der Waals surface area contributed by atoms with Crippen LogP contribution in [-0.4, -0.2) is 22.7 Å². The Kier molecular flexibility index (Phi) is 4.58. The third-order valence-electron chi connectivity index (χ3n) is 4.24. The molecule has 1 aliphatic carbocycles. The topological polar surface area (TPSA) is 45.1 Å². The summed E-state index contributed by atoms with van der Waals surface area (Å²) < 4.78 is 0. The molecule has 0 radical (unpaired) electrons. The van der Waals surface area contributed by atoms with Crippen LogP contribution in [0.15, 0.2) is 6.07 Å². The van der Waals surface area contributed by atoms with E-state index in [4.69, 9.17) is 0 Å². The van der Waals surface area contributed by atoms with Gasteiger partial charge in [-0.3, -0.25) is 4.98 Å². The van der Waals surface area contributed by atoms with Gasteiger partial charge < -0.3 is 10.4 Å².